The number of phenols is 1. The molecule has 0 saturated heterocycles. The van der Waals surface area contributed by atoms with Crippen LogP contribution >= 0.6 is 0 Å². The molecule has 1 amide bonds. The Morgan fingerprint density at radius 3 is 2.32 bits per heavy atom. The molecule has 0 aromatic heterocycles. The van der Waals surface area contributed by atoms with Crippen LogP contribution in [-0.2, 0) is 4.79 Å². The highest BCUT2D eigenvalue weighted by atomic mass is 16.3. The van der Waals surface area contributed by atoms with E-state index in [0.29, 0.717) is 0 Å². The molecule has 0 fully saturated rings. The molecule has 2 aromatic rings. The molecule has 2 N–H and O–H groups in total. The zero-order valence-electron chi connectivity index (χ0n) is 10.5. The number of hydrogen-bond donors (Lipinski definition) is 2. The summed E-state index contributed by atoms with van der Waals surface area (Å²) in [6, 6.07) is 14.0. The second kappa shape index (κ2) is 5.82. The van der Waals surface area contributed by atoms with Crippen molar-refractivity contribution >= 4 is 23.5 Å². The molecule has 96 valence electrons. The summed E-state index contributed by atoms with van der Waals surface area (Å²) in [7, 11) is 0. The molecular weight excluding hydrogens is 240 g/mol. The predicted molar refractivity (Wildman–Crippen MR) is 76.1 cm³/mol. The van der Waals surface area contributed by atoms with Gasteiger partial charge in [0.2, 0.25) is 5.91 Å². The summed E-state index contributed by atoms with van der Waals surface area (Å²) in [5.74, 6) is 0.136. The van der Waals surface area contributed by atoms with E-state index < -0.39 is 0 Å². The molecule has 0 aliphatic carbocycles. The lowest BCUT2D eigenvalue weighted by atomic mass is 10.2. The molecular formula is C15H14N2O2. The minimum absolute atomic E-state index is 0.0969. The van der Waals surface area contributed by atoms with Crippen LogP contribution in [0.4, 0.5) is 11.4 Å². The summed E-state index contributed by atoms with van der Waals surface area (Å²) in [6.45, 7) is 1.47. The number of nitrogens with zero attached hydrogens (tertiary/aromatic N) is 1. The van der Waals surface area contributed by atoms with E-state index in [1.807, 2.05) is 12.1 Å². The fourth-order valence-electron chi connectivity index (χ4n) is 1.54. The minimum Gasteiger partial charge on any atom is -0.508 e. The normalized spacial score (nSPS) is 10.6. The van der Waals surface area contributed by atoms with Gasteiger partial charge < -0.3 is 10.4 Å². The number of carbonyl (C=O) groups excluding carboxylic acids is 1. The molecule has 0 spiro atoms. The highest BCUT2D eigenvalue weighted by Crippen LogP contribution is 2.16. The molecule has 0 unspecified atom stereocenters. The van der Waals surface area contributed by atoms with Crippen LogP contribution in [0.1, 0.15) is 12.5 Å². The van der Waals surface area contributed by atoms with Gasteiger partial charge in [0.1, 0.15) is 5.75 Å². The van der Waals surface area contributed by atoms with Gasteiger partial charge in [-0.25, -0.2) is 0 Å². The van der Waals surface area contributed by atoms with Gasteiger partial charge in [-0.1, -0.05) is 0 Å². The van der Waals surface area contributed by atoms with Crippen molar-refractivity contribution in [3.05, 3.63) is 54.1 Å². The Kier molecular flexibility index (Phi) is 3.93. The van der Waals surface area contributed by atoms with E-state index in [1.165, 1.54) is 6.92 Å². The molecule has 0 aliphatic heterocycles. The third kappa shape index (κ3) is 3.96. The standard InChI is InChI=1S/C15H14N2O2/c1-11(18)17-14-6-4-13(5-7-14)16-10-12-2-8-15(19)9-3-12/h2-10,19H,1H3,(H,17,18). The number of nitrogens with one attached hydrogen (secondary N) is 1. The van der Waals surface area contributed by atoms with Gasteiger partial charge in [-0.15, -0.1) is 0 Å². The highest BCUT2D eigenvalue weighted by Gasteiger charge is 1.95. The van der Waals surface area contributed by atoms with Crippen LogP contribution in [0, 0.1) is 0 Å². The summed E-state index contributed by atoms with van der Waals surface area (Å²) >= 11 is 0. The van der Waals surface area contributed by atoms with Crippen molar-refractivity contribution in [1.82, 2.24) is 0 Å². The quantitative estimate of drug-likeness (QED) is 0.827. The van der Waals surface area contributed by atoms with Crippen LogP contribution in [0.15, 0.2) is 53.5 Å². The third-order valence-corrected chi connectivity index (χ3v) is 2.44. The lowest BCUT2D eigenvalue weighted by Crippen LogP contribution is -2.04. The monoisotopic (exact) mass is 254 g/mol. The lowest BCUT2D eigenvalue weighted by molar-refractivity contribution is -0.114. The molecule has 0 bridgehead atoms. The van der Waals surface area contributed by atoms with Crippen LogP contribution in [0.3, 0.4) is 0 Å². The molecule has 0 heterocycles. The number of carbonyl (C=O) groups is 1. The summed E-state index contributed by atoms with van der Waals surface area (Å²) in [6.07, 6.45) is 1.72. The number of hydrogen-bond acceptors (Lipinski definition) is 3. The number of aliphatic imine (C=N–C) groups is 1. The summed E-state index contributed by atoms with van der Waals surface area (Å²) in [4.78, 5) is 15.2. The van der Waals surface area contributed by atoms with Crippen LogP contribution in [0.25, 0.3) is 0 Å². The lowest BCUT2D eigenvalue weighted by Gasteiger charge is -2.01. The molecule has 0 saturated carbocycles. The van der Waals surface area contributed by atoms with Crippen molar-refractivity contribution in [3.63, 3.8) is 0 Å². The Morgan fingerprint density at radius 2 is 1.74 bits per heavy atom. The van der Waals surface area contributed by atoms with Crippen LogP contribution in [0.5, 0.6) is 5.75 Å². The van der Waals surface area contributed by atoms with Crippen LogP contribution < -0.4 is 5.32 Å². The fourth-order valence-corrected chi connectivity index (χ4v) is 1.54. The van der Waals surface area contributed by atoms with Crippen molar-refractivity contribution in [2.45, 2.75) is 6.92 Å². The number of rotatable bonds is 3. The Bertz CT molecular complexity index is 587. The zero-order valence-corrected chi connectivity index (χ0v) is 10.5. The molecule has 19 heavy (non-hydrogen) atoms. The van der Waals surface area contributed by atoms with Crippen molar-refractivity contribution in [3.8, 4) is 5.75 Å². The van der Waals surface area contributed by atoms with Crippen molar-refractivity contribution in [1.29, 1.82) is 0 Å². The van der Waals surface area contributed by atoms with Crippen LogP contribution in [0.2, 0.25) is 0 Å². The summed E-state index contributed by atoms with van der Waals surface area (Å²) in [5, 5.41) is 11.9. The predicted octanol–water partition coefficient (Wildman–Crippen LogP) is 3.10. The van der Waals surface area contributed by atoms with E-state index in [2.05, 4.69) is 10.3 Å². The fraction of sp³-hybridized carbons (Fsp3) is 0.0667. The smallest absolute Gasteiger partial charge is 0.221 e. The zero-order chi connectivity index (χ0) is 13.7. The third-order valence-electron chi connectivity index (χ3n) is 2.44. The number of benzene rings is 2. The Balaban J connectivity index is 2.06. The molecule has 4 heteroatoms. The molecule has 0 atom stereocenters. The molecule has 0 aliphatic rings. The van der Waals surface area contributed by atoms with Crippen LogP contribution in [-0.4, -0.2) is 17.2 Å². The van der Waals surface area contributed by atoms with Gasteiger partial charge in [-0.3, -0.25) is 9.79 Å². The largest absolute Gasteiger partial charge is 0.508 e. The minimum atomic E-state index is -0.0969. The SMILES string of the molecule is CC(=O)Nc1ccc(N=Cc2ccc(O)cc2)cc1. The first kappa shape index (κ1) is 12.8. The summed E-state index contributed by atoms with van der Waals surface area (Å²) in [5.41, 5.74) is 2.45. The van der Waals surface area contributed by atoms with E-state index >= 15 is 0 Å². The van der Waals surface area contributed by atoms with Gasteiger partial charge in [0, 0.05) is 18.8 Å². The van der Waals surface area contributed by atoms with Gasteiger partial charge in [0.15, 0.2) is 0 Å². The number of amides is 1. The molecule has 4 nitrogen and oxygen atoms in total. The van der Waals surface area contributed by atoms with Crippen molar-refractivity contribution in [2.75, 3.05) is 5.32 Å². The maximum atomic E-state index is 10.9. The molecule has 2 rings (SSSR count). The van der Waals surface area contributed by atoms with Gasteiger partial charge in [-0.05, 0) is 54.1 Å². The first-order valence-electron chi connectivity index (χ1n) is 5.84. The average Bonchev–Trinajstić information content (AvgIpc) is 2.39. The number of phenolic OH excluding ortho intramolecular Hbond substituents is 1. The summed E-state index contributed by atoms with van der Waals surface area (Å²) < 4.78 is 0. The topological polar surface area (TPSA) is 61.7 Å². The maximum absolute atomic E-state index is 10.9. The Morgan fingerprint density at radius 1 is 1.11 bits per heavy atom. The van der Waals surface area contributed by atoms with Gasteiger partial charge in [-0.2, -0.15) is 0 Å². The number of anilines is 1. The Labute approximate surface area is 111 Å². The maximum Gasteiger partial charge on any atom is 0.221 e. The van der Waals surface area contributed by atoms with E-state index in [1.54, 1.807) is 42.6 Å². The first-order chi connectivity index (χ1) is 9.13. The van der Waals surface area contributed by atoms with E-state index in [4.69, 9.17) is 5.11 Å². The van der Waals surface area contributed by atoms with Gasteiger partial charge >= 0.3 is 0 Å². The van der Waals surface area contributed by atoms with Gasteiger partial charge in [0.05, 0.1) is 5.69 Å². The molecule has 2 aromatic carbocycles. The van der Waals surface area contributed by atoms with E-state index in [0.717, 1.165) is 16.9 Å². The van der Waals surface area contributed by atoms with E-state index in [9.17, 15) is 4.79 Å². The van der Waals surface area contributed by atoms with Gasteiger partial charge in [0.25, 0.3) is 0 Å². The second-order valence-corrected chi connectivity index (χ2v) is 4.08. The van der Waals surface area contributed by atoms with Crippen molar-refractivity contribution in [2.24, 2.45) is 4.99 Å². The second-order valence-electron chi connectivity index (χ2n) is 4.08. The first-order valence-corrected chi connectivity index (χ1v) is 5.84. The average molecular weight is 254 g/mol. The Hall–Kier alpha value is -2.62. The van der Waals surface area contributed by atoms with E-state index in [-0.39, 0.29) is 11.7 Å². The van der Waals surface area contributed by atoms with Crippen molar-refractivity contribution < 1.29 is 9.90 Å². The number of aromatic hydroxyl groups is 1. The highest BCUT2D eigenvalue weighted by molar-refractivity contribution is 5.89. The molecule has 0 radical (unpaired) electrons.